The van der Waals surface area contributed by atoms with Crippen LogP contribution in [0, 0.1) is 6.92 Å². The van der Waals surface area contributed by atoms with Gasteiger partial charge >= 0.3 is 0 Å². The first kappa shape index (κ1) is 21.7. The predicted molar refractivity (Wildman–Crippen MR) is 138 cm³/mol. The molecule has 178 valence electrons. The topological polar surface area (TPSA) is 130 Å². The quantitative estimate of drug-likeness (QED) is 0.316. The van der Waals surface area contributed by atoms with Gasteiger partial charge < -0.3 is 14.9 Å². The van der Waals surface area contributed by atoms with Gasteiger partial charge in [-0.2, -0.15) is 5.10 Å². The van der Waals surface area contributed by atoms with Crippen molar-refractivity contribution in [1.29, 1.82) is 0 Å². The lowest BCUT2D eigenvalue weighted by molar-refractivity contribution is -0.116. The number of nitrogens with zero attached hydrogens (tertiary/aromatic N) is 6. The Morgan fingerprint density at radius 2 is 2.03 bits per heavy atom. The van der Waals surface area contributed by atoms with E-state index in [0.29, 0.717) is 29.3 Å². The Kier molecular flexibility index (Phi) is 5.25. The monoisotopic (exact) mass is 477 g/mol. The Bertz CT molecular complexity index is 1730. The van der Waals surface area contributed by atoms with Crippen LogP contribution in [0.3, 0.4) is 0 Å². The summed E-state index contributed by atoms with van der Waals surface area (Å²) in [6.45, 7) is 3.93. The molecule has 1 aromatic carbocycles. The fraction of sp³-hybridized carbons (Fsp3) is 0.154. The van der Waals surface area contributed by atoms with Gasteiger partial charge in [0.2, 0.25) is 5.91 Å². The second-order valence-corrected chi connectivity index (χ2v) is 8.63. The maximum atomic E-state index is 12.0. The summed E-state index contributed by atoms with van der Waals surface area (Å²) in [6.07, 6.45) is 10.2. The summed E-state index contributed by atoms with van der Waals surface area (Å²) in [4.78, 5) is 33.2. The van der Waals surface area contributed by atoms with Crippen LogP contribution in [0.4, 0.5) is 5.69 Å². The van der Waals surface area contributed by atoms with Gasteiger partial charge in [0.1, 0.15) is 11.2 Å². The van der Waals surface area contributed by atoms with E-state index >= 15 is 0 Å². The summed E-state index contributed by atoms with van der Waals surface area (Å²) in [7, 11) is 0. The lowest BCUT2D eigenvalue weighted by atomic mass is 10.0. The number of nitrogens with one attached hydrogen (secondary N) is 3. The zero-order valence-electron chi connectivity index (χ0n) is 19.8. The van der Waals surface area contributed by atoms with Crippen molar-refractivity contribution in [2.45, 2.75) is 26.7 Å². The van der Waals surface area contributed by atoms with Gasteiger partial charge in [-0.25, -0.2) is 15.0 Å². The van der Waals surface area contributed by atoms with Gasteiger partial charge in [0.15, 0.2) is 11.5 Å². The van der Waals surface area contributed by atoms with Crippen LogP contribution in [0.2, 0.25) is 0 Å². The number of amides is 1. The molecule has 0 fully saturated rings. The van der Waals surface area contributed by atoms with Gasteiger partial charge in [0.05, 0.1) is 35.1 Å². The maximum absolute atomic E-state index is 12.0. The Morgan fingerprint density at radius 3 is 2.86 bits per heavy atom. The molecule has 0 aliphatic carbocycles. The Balaban J connectivity index is 1.40. The number of H-pyrrole nitrogens is 2. The molecule has 6 aromatic rings. The van der Waals surface area contributed by atoms with E-state index in [1.54, 1.807) is 24.9 Å². The van der Waals surface area contributed by atoms with Crippen LogP contribution in [0.15, 0.2) is 61.4 Å². The highest BCUT2D eigenvalue weighted by Gasteiger charge is 2.16. The minimum absolute atomic E-state index is 0.0206. The number of aryl methyl sites for hydroxylation is 1. The van der Waals surface area contributed by atoms with Gasteiger partial charge in [-0.1, -0.05) is 13.0 Å². The maximum Gasteiger partial charge on any atom is 0.224 e. The molecular weight excluding hydrogens is 454 g/mol. The Hall–Kier alpha value is -4.86. The SMILES string of the molecule is CCCC(=O)Nc1cncc(-c2ccc3[nH]nc(-c4nc5nccc(-n6cnc(C)c6)c5[nH]4)c3c2)c1. The number of fused-ring (bicyclic) bond motifs is 2. The van der Waals surface area contributed by atoms with Crippen molar-refractivity contribution in [2.24, 2.45) is 0 Å². The van der Waals surface area contributed by atoms with Gasteiger partial charge in [-0.15, -0.1) is 0 Å². The van der Waals surface area contributed by atoms with E-state index in [-0.39, 0.29) is 5.91 Å². The van der Waals surface area contributed by atoms with Crippen LogP contribution in [-0.4, -0.2) is 45.6 Å². The molecule has 6 rings (SSSR count). The van der Waals surface area contributed by atoms with E-state index < -0.39 is 0 Å². The smallest absolute Gasteiger partial charge is 0.224 e. The largest absolute Gasteiger partial charge is 0.333 e. The molecule has 10 heteroatoms. The summed E-state index contributed by atoms with van der Waals surface area (Å²) in [6, 6.07) is 9.86. The van der Waals surface area contributed by atoms with Gasteiger partial charge in [-0.05, 0) is 43.2 Å². The number of anilines is 1. The molecule has 3 N–H and O–H groups in total. The molecule has 0 aliphatic heterocycles. The lowest BCUT2D eigenvalue weighted by Crippen LogP contribution is -2.10. The molecule has 0 aliphatic rings. The summed E-state index contributed by atoms with van der Waals surface area (Å²) in [5.74, 6) is 0.594. The molecular formula is C26H23N9O. The predicted octanol–water partition coefficient (Wildman–Crippen LogP) is 4.80. The van der Waals surface area contributed by atoms with Crippen LogP contribution in [0.5, 0.6) is 0 Å². The minimum Gasteiger partial charge on any atom is -0.333 e. The highest BCUT2D eigenvalue weighted by atomic mass is 16.1. The molecule has 0 bridgehead atoms. The Labute approximate surface area is 205 Å². The normalized spacial score (nSPS) is 11.4. The first-order chi connectivity index (χ1) is 17.6. The van der Waals surface area contributed by atoms with E-state index in [9.17, 15) is 4.79 Å². The van der Waals surface area contributed by atoms with Crippen LogP contribution in [-0.2, 0) is 4.79 Å². The molecule has 0 unspecified atom stereocenters. The van der Waals surface area contributed by atoms with Crippen molar-refractivity contribution in [3.05, 3.63) is 67.1 Å². The average Bonchev–Trinajstić information content (AvgIpc) is 3.61. The lowest BCUT2D eigenvalue weighted by Gasteiger charge is -2.07. The van der Waals surface area contributed by atoms with E-state index in [0.717, 1.165) is 45.3 Å². The molecule has 0 saturated carbocycles. The molecule has 5 heterocycles. The fourth-order valence-corrected chi connectivity index (χ4v) is 4.27. The van der Waals surface area contributed by atoms with Crippen molar-refractivity contribution in [3.8, 4) is 28.3 Å². The van der Waals surface area contributed by atoms with Crippen molar-refractivity contribution in [2.75, 3.05) is 5.32 Å². The molecule has 10 nitrogen and oxygen atoms in total. The number of carbonyl (C=O) groups excluding carboxylic acids is 1. The van der Waals surface area contributed by atoms with E-state index in [1.807, 2.05) is 54.9 Å². The molecule has 0 saturated heterocycles. The van der Waals surface area contributed by atoms with Crippen LogP contribution in [0.25, 0.3) is 50.4 Å². The van der Waals surface area contributed by atoms with Crippen molar-refractivity contribution < 1.29 is 4.79 Å². The Morgan fingerprint density at radius 1 is 1.11 bits per heavy atom. The van der Waals surface area contributed by atoms with E-state index in [1.165, 1.54) is 0 Å². The third kappa shape index (κ3) is 3.88. The zero-order chi connectivity index (χ0) is 24.6. The third-order valence-corrected chi connectivity index (χ3v) is 5.98. The number of aromatic amines is 2. The number of benzene rings is 1. The third-order valence-electron chi connectivity index (χ3n) is 5.98. The van der Waals surface area contributed by atoms with E-state index in [4.69, 9.17) is 4.98 Å². The minimum atomic E-state index is -0.0206. The number of hydrogen-bond donors (Lipinski definition) is 3. The number of aromatic nitrogens is 8. The van der Waals surface area contributed by atoms with E-state index in [2.05, 4.69) is 35.5 Å². The van der Waals surface area contributed by atoms with Gasteiger partial charge in [0.25, 0.3) is 0 Å². The standard InChI is InChI=1S/C26H23N9O/c1-3-4-22(36)30-18-9-17(11-27-12-18)16-5-6-20-19(10-16)23(34-33-20)26-31-24-21(7-8-28-25(24)32-26)35-13-15(2)29-14-35/h5-14H,3-4H2,1-2H3,(H,30,36)(H,33,34)(H,28,31,32). The number of carbonyl (C=O) groups is 1. The fourth-order valence-electron chi connectivity index (χ4n) is 4.27. The molecule has 0 spiro atoms. The molecule has 0 atom stereocenters. The average molecular weight is 478 g/mol. The first-order valence-electron chi connectivity index (χ1n) is 11.7. The number of rotatable bonds is 6. The molecule has 5 aromatic heterocycles. The zero-order valence-corrected chi connectivity index (χ0v) is 19.8. The summed E-state index contributed by atoms with van der Waals surface area (Å²) in [5, 5.41) is 11.5. The molecule has 0 radical (unpaired) electrons. The van der Waals surface area contributed by atoms with Crippen LogP contribution >= 0.6 is 0 Å². The summed E-state index contributed by atoms with van der Waals surface area (Å²) in [5.41, 5.74) is 7.32. The van der Waals surface area contributed by atoms with Crippen molar-refractivity contribution >= 4 is 33.7 Å². The van der Waals surface area contributed by atoms with Crippen LogP contribution in [0.1, 0.15) is 25.5 Å². The molecule has 36 heavy (non-hydrogen) atoms. The van der Waals surface area contributed by atoms with Crippen molar-refractivity contribution in [1.82, 2.24) is 39.7 Å². The summed E-state index contributed by atoms with van der Waals surface area (Å²) < 4.78 is 1.95. The van der Waals surface area contributed by atoms with Gasteiger partial charge in [-0.3, -0.25) is 14.9 Å². The number of pyridine rings is 2. The highest BCUT2D eigenvalue weighted by Crippen LogP contribution is 2.31. The first-order valence-corrected chi connectivity index (χ1v) is 11.7. The summed E-state index contributed by atoms with van der Waals surface area (Å²) >= 11 is 0. The highest BCUT2D eigenvalue weighted by molar-refractivity contribution is 5.96. The molecule has 1 amide bonds. The number of imidazole rings is 2. The van der Waals surface area contributed by atoms with Crippen LogP contribution < -0.4 is 5.32 Å². The second kappa shape index (κ2) is 8.73. The number of hydrogen-bond acceptors (Lipinski definition) is 6. The van der Waals surface area contributed by atoms with Gasteiger partial charge in [0, 0.05) is 36.0 Å². The van der Waals surface area contributed by atoms with Crippen molar-refractivity contribution in [3.63, 3.8) is 0 Å². The second-order valence-electron chi connectivity index (χ2n) is 8.63.